The molecule has 0 rings (SSSR count). The van der Waals surface area contributed by atoms with E-state index in [0.29, 0.717) is 0 Å². The molecular formula is C8H14OS2. The van der Waals surface area contributed by atoms with Crippen LogP contribution >= 0.6 is 23.5 Å². The molecule has 0 bridgehead atoms. The van der Waals surface area contributed by atoms with E-state index in [-0.39, 0.29) is 5.12 Å². The molecule has 0 amide bonds. The van der Waals surface area contributed by atoms with E-state index in [2.05, 4.69) is 6.92 Å². The minimum atomic E-state index is 0.154. The summed E-state index contributed by atoms with van der Waals surface area (Å²) in [6.45, 7) is 3.75. The van der Waals surface area contributed by atoms with Crippen LogP contribution < -0.4 is 0 Å². The zero-order valence-corrected chi connectivity index (χ0v) is 8.63. The molecule has 0 heterocycles. The second-order valence-corrected chi connectivity index (χ2v) is 4.29. The van der Waals surface area contributed by atoms with Crippen molar-refractivity contribution < 1.29 is 4.79 Å². The molecule has 0 unspecified atom stereocenters. The molecule has 0 fully saturated rings. The van der Waals surface area contributed by atoms with Crippen molar-refractivity contribution in [2.75, 3.05) is 11.5 Å². The zero-order chi connectivity index (χ0) is 8.53. The number of carbonyl (C=O) groups excluding carboxylic acids is 1. The lowest BCUT2D eigenvalue weighted by molar-refractivity contribution is -0.109. The molecule has 0 aliphatic rings. The Labute approximate surface area is 77.0 Å². The predicted molar refractivity (Wildman–Crippen MR) is 55.0 cm³/mol. The van der Waals surface area contributed by atoms with Crippen LogP contribution in [-0.4, -0.2) is 16.6 Å². The summed E-state index contributed by atoms with van der Waals surface area (Å²) < 4.78 is 0. The van der Waals surface area contributed by atoms with Gasteiger partial charge in [0.25, 0.3) is 0 Å². The molecule has 0 radical (unpaired) electrons. The average Bonchev–Trinajstić information content (AvgIpc) is 1.96. The fourth-order valence-electron chi connectivity index (χ4n) is 0.479. The van der Waals surface area contributed by atoms with E-state index in [0.717, 1.165) is 5.75 Å². The Morgan fingerprint density at radius 1 is 1.55 bits per heavy atom. The maximum Gasteiger partial charge on any atom is 0.190 e. The van der Waals surface area contributed by atoms with Crippen molar-refractivity contribution in [3.8, 4) is 0 Å². The summed E-state index contributed by atoms with van der Waals surface area (Å²) in [6.07, 6.45) is 3.25. The molecule has 11 heavy (non-hydrogen) atoms. The highest BCUT2D eigenvalue weighted by atomic mass is 32.2. The Kier molecular flexibility index (Phi) is 8.29. The van der Waals surface area contributed by atoms with Gasteiger partial charge in [0.05, 0.1) is 0 Å². The quantitative estimate of drug-likeness (QED) is 0.620. The number of thioether (sulfide) groups is 2. The van der Waals surface area contributed by atoms with E-state index in [9.17, 15) is 4.79 Å². The first-order chi connectivity index (χ1) is 5.27. The number of rotatable bonds is 5. The highest BCUT2D eigenvalue weighted by Crippen LogP contribution is 2.06. The maximum atomic E-state index is 10.4. The highest BCUT2D eigenvalue weighted by Gasteiger charge is 1.86. The molecule has 0 aliphatic heterocycles. The fourth-order valence-corrected chi connectivity index (χ4v) is 1.67. The number of hydrogen-bond donors (Lipinski definition) is 0. The lowest BCUT2D eigenvalue weighted by Crippen LogP contribution is -1.77. The van der Waals surface area contributed by atoms with Gasteiger partial charge in [-0.05, 0) is 17.6 Å². The van der Waals surface area contributed by atoms with E-state index in [1.165, 1.54) is 23.9 Å². The lowest BCUT2D eigenvalue weighted by atomic mass is 10.6. The van der Waals surface area contributed by atoms with E-state index < -0.39 is 0 Å². The van der Waals surface area contributed by atoms with Crippen LogP contribution in [0.25, 0.3) is 0 Å². The third kappa shape index (κ3) is 10.1. The van der Waals surface area contributed by atoms with Crippen molar-refractivity contribution in [1.82, 2.24) is 0 Å². The van der Waals surface area contributed by atoms with Crippen LogP contribution in [0.4, 0.5) is 0 Å². The van der Waals surface area contributed by atoms with Gasteiger partial charge in [0.1, 0.15) is 0 Å². The molecule has 0 aromatic rings. The van der Waals surface area contributed by atoms with Gasteiger partial charge in [-0.1, -0.05) is 24.8 Å². The largest absolute Gasteiger partial charge is 0.287 e. The van der Waals surface area contributed by atoms with Crippen LogP contribution in [0.3, 0.4) is 0 Å². The van der Waals surface area contributed by atoms with E-state index in [1.807, 2.05) is 23.2 Å². The minimum absolute atomic E-state index is 0.154. The first-order valence-electron chi connectivity index (χ1n) is 3.67. The molecule has 0 aromatic heterocycles. The predicted octanol–water partition coefficient (Wildman–Crippen LogP) is 2.92. The Hall–Kier alpha value is 0.110. The topological polar surface area (TPSA) is 17.1 Å². The third-order valence-corrected chi connectivity index (χ3v) is 2.68. The van der Waals surface area contributed by atoms with E-state index in [1.54, 1.807) is 6.92 Å². The molecule has 0 spiro atoms. The van der Waals surface area contributed by atoms with Crippen molar-refractivity contribution in [3.63, 3.8) is 0 Å². The molecule has 0 saturated heterocycles. The molecule has 0 N–H and O–H groups in total. The molecule has 0 saturated carbocycles. The summed E-state index contributed by atoms with van der Waals surface area (Å²) in [5.41, 5.74) is 0. The lowest BCUT2D eigenvalue weighted by Gasteiger charge is -1.90. The number of carbonyl (C=O) groups is 1. The van der Waals surface area contributed by atoms with E-state index in [4.69, 9.17) is 0 Å². The monoisotopic (exact) mass is 190 g/mol. The first-order valence-corrected chi connectivity index (χ1v) is 5.70. The summed E-state index contributed by atoms with van der Waals surface area (Å²) in [6, 6.07) is 0. The molecule has 0 aromatic carbocycles. The fraction of sp³-hybridized carbons (Fsp3) is 0.625. The van der Waals surface area contributed by atoms with E-state index >= 15 is 0 Å². The standard InChI is InChI=1S/C8H14OS2/c1-3-5-10-6-4-7-11-8(2)9/h4,7H,3,5-6H2,1-2H3/b7-4-. The van der Waals surface area contributed by atoms with Crippen LogP contribution in [-0.2, 0) is 4.79 Å². The Bertz CT molecular complexity index is 132. The first kappa shape index (κ1) is 11.1. The van der Waals surface area contributed by atoms with Crippen LogP contribution in [0, 0.1) is 0 Å². The Balaban J connectivity index is 3.10. The van der Waals surface area contributed by atoms with Gasteiger partial charge in [-0.2, -0.15) is 11.8 Å². The van der Waals surface area contributed by atoms with Crippen molar-refractivity contribution in [2.45, 2.75) is 20.3 Å². The number of hydrogen-bond acceptors (Lipinski definition) is 3. The van der Waals surface area contributed by atoms with Gasteiger partial charge in [-0.25, -0.2) is 0 Å². The average molecular weight is 190 g/mol. The summed E-state index contributed by atoms with van der Waals surface area (Å²) in [5, 5.41) is 2.02. The summed E-state index contributed by atoms with van der Waals surface area (Å²) in [4.78, 5) is 10.4. The van der Waals surface area contributed by atoms with Crippen molar-refractivity contribution >= 4 is 28.6 Å². The smallest absolute Gasteiger partial charge is 0.190 e. The van der Waals surface area contributed by atoms with Crippen LogP contribution in [0.1, 0.15) is 20.3 Å². The van der Waals surface area contributed by atoms with Gasteiger partial charge in [0, 0.05) is 12.7 Å². The van der Waals surface area contributed by atoms with Crippen LogP contribution in [0.5, 0.6) is 0 Å². The molecule has 64 valence electrons. The maximum absolute atomic E-state index is 10.4. The molecular weight excluding hydrogens is 176 g/mol. The van der Waals surface area contributed by atoms with Crippen LogP contribution in [0.2, 0.25) is 0 Å². The van der Waals surface area contributed by atoms with Gasteiger partial charge in [-0.3, -0.25) is 4.79 Å². The molecule has 0 aliphatic carbocycles. The summed E-state index contributed by atoms with van der Waals surface area (Å²) in [5.74, 6) is 2.23. The molecule has 1 nitrogen and oxygen atoms in total. The minimum Gasteiger partial charge on any atom is -0.287 e. The van der Waals surface area contributed by atoms with Gasteiger partial charge in [-0.15, -0.1) is 0 Å². The van der Waals surface area contributed by atoms with Crippen molar-refractivity contribution in [3.05, 3.63) is 11.5 Å². The SMILES string of the molecule is CCCSC/C=C\SC(C)=O. The third-order valence-electron chi connectivity index (χ3n) is 0.893. The summed E-state index contributed by atoms with van der Waals surface area (Å²) >= 11 is 3.15. The van der Waals surface area contributed by atoms with Crippen molar-refractivity contribution in [1.29, 1.82) is 0 Å². The van der Waals surface area contributed by atoms with Gasteiger partial charge < -0.3 is 0 Å². The van der Waals surface area contributed by atoms with Gasteiger partial charge in [0.15, 0.2) is 5.12 Å². The summed E-state index contributed by atoms with van der Waals surface area (Å²) in [7, 11) is 0. The Morgan fingerprint density at radius 3 is 2.82 bits per heavy atom. The van der Waals surface area contributed by atoms with Crippen molar-refractivity contribution in [2.24, 2.45) is 0 Å². The molecule has 3 heteroatoms. The second-order valence-electron chi connectivity index (χ2n) is 2.06. The zero-order valence-electron chi connectivity index (χ0n) is 7.00. The molecule has 0 atom stereocenters. The van der Waals surface area contributed by atoms with Gasteiger partial charge in [0.2, 0.25) is 0 Å². The Morgan fingerprint density at radius 2 is 2.27 bits per heavy atom. The second kappa shape index (κ2) is 8.21. The van der Waals surface area contributed by atoms with Gasteiger partial charge >= 0.3 is 0 Å². The van der Waals surface area contributed by atoms with Crippen LogP contribution in [0.15, 0.2) is 11.5 Å². The highest BCUT2D eigenvalue weighted by molar-refractivity contribution is 8.16. The normalized spacial score (nSPS) is 10.7.